The molecule has 0 saturated heterocycles. The topological polar surface area (TPSA) is 0 Å². The third-order valence-corrected chi connectivity index (χ3v) is 1.90. The summed E-state index contributed by atoms with van der Waals surface area (Å²) in [6.07, 6.45) is 0. The van der Waals surface area contributed by atoms with Gasteiger partial charge in [0.1, 0.15) is 0 Å². The molecule has 0 fully saturated rings. The Kier molecular flexibility index (Phi) is 5.63. The van der Waals surface area contributed by atoms with Crippen LogP contribution in [0, 0.1) is 6.92 Å². The second kappa shape index (κ2) is 6.23. The van der Waals surface area contributed by atoms with Gasteiger partial charge < -0.3 is 0 Å². The van der Waals surface area contributed by atoms with E-state index in [-0.39, 0.29) is 0 Å². The van der Waals surface area contributed by atoms with Crippen molar-refractivity contribution < 1.29 is 18.2 Å². The summed E-state index contributed by atoms with van der Waals surface area (Å²) in [6.45, 7) is 2.14. The second-order valence-corrected chi connectivity index (χ2v) is 14.0. The molecule has 0 aliphatic heterocycles. The summed E-state index contributed by atoms with van der Waals surface area (Å²) in [5.41, 5.74) is 1.37. The molecular weight excluding hydrogens is 318 g/mol. The number of hydrogen-bond donors (Lipinski definition) is 0. The molecule has 14 heavy (non-hydrogen) atoms. The van der Waals surface area contributed by atoms with Gasteiger partial charge >= 0.3 is 43.7 Å². The van der Waals surface area contributed by atoms with E-state index in [9.17, 15) is 0 Å². The van der Waals surface area contributed by atoms with E-state index in [0.717, 1.165) is 0 Å². The number of fused-ring (bicyclic) bond motifs is 1. The van der Waals surface area contributed by atoms with Crippen molar-refractivity contribution in [1.29, 1.82) is 0 Å². The van der Waals surface area contributed by atoms with Crippen LogP contribution in [-0.2, 0) is 18.2 Å². The van der Waals surface area contributed by atoms with Gasteiger partial charge in [0, 0.05) is 0 Å². The van der Waals surface area contributed by atoms with Gasteiger partial charge in [-0.15, -0.1) is 34.5 Å². The quantitative estimate of drug-likeness (QED) is 0.602. The van der Waals surface area contributed by atoms with E-state index in [4.69, 9.17) is 25.5 Å². The van der Waals surface area contributed by atoms with Gasteiger partial charge in [0.25, 0.3) is 0 Å². The van der Waals surface area contributed by atoms with Crippen LogP contribution >= 0.6 is 25.5 Å². The molecule has 0 radical (unpaired) electrons. The fourth-order valence-electron chi connectivity index (χ4n) is 1.31. The molecule has 0 spiro atoms. The van der Waals surface area contributed by atoms with Crippen LogP contribution in [0.3, 0.4) is 0 Å². The molecule has 0 saturated carbocycles. The Morgan fingerprint density at radius 2 is 1.64 bits per heavy atom. The molecule has 0 aliphatic carbocycles. The van der Waals surface area contributed by atoms with Crippen molar-refractivity contribution in [2.75, 3.05) is 0 Å². The van der Waals surface area contributed by atoms with Crippen LogP contribution in [0.4, 0.5) is 0 Å². The summed E-state index contributed by atoms with van der Waals surface area (Å²) in [5.74, 6) is 0. The fraction of sp³-hybridized carbons (Fsp3) is 0.100. The summed E-state index contributed by atoms with van der Waals surface area (Å²) < 4.78 is 0. The molecule has 0 aliphatic rings. The Labute approximate surface area is 102 Å². The van der Waals surface area contributed by atoms with Gasteiger partial charge in [-0.05, 0) is 0 Å². The van der Waals surface area contributed by atoms with Crippen LogP contribution in [0.2, 0.25) is 0 Å². The van der Waals surface area contributed by atoms with Gasteiger partial charge in [0.2, 0.25) is 0 Å². The normalized spacial score (nSPS) is 9.43. The first-order valence-corrected chi connectivity index (χ1v) is 13.6. The zero-order chi connectivity index (χ0) is 10.6. The molecule has 0 N–H and O–H groups in total. The zero-order valence-electron chi connectivity index (χ0n) is 7.60. The van der Waals surface area contributed by atoms with E-state index >= 15 is 0 Å². The molecule has 2 aromatic rings. The SMILES string of the molecule is C[c-]1ccc2ccccc21.[Cl][Zr]([Cl])[Cl]. The first-order valence-electron chi connectivity index (χ1n) is 4.05. The Hall–Kier alpha value is 0.583. The van der Waals surface area contributed by atoms with E-state index in [1.165, 1.54) is 16.3 Å². The Balaban J connectivity index is 0.000000213. The maximum absolute atomic E-state index is 5.00. The number of hydrogen-bond acceptors (Lipinski definition) is 0. The molecule has 75 valence electrons. The van der Waals surface area contributed by atoms with E-state index in [1.54, 1.807) is 0 Å². The first-order chi connectivity index (χ1) is 6.61. The second-order valence-electron chi connectivity index (χ2n) is 2.82. The van der Waals surface area contributed by atoms with Gasteiger partial charge in [-0.1, -0.05) is 13.0 Å². The van der Waals surface area contributed by atoms with Crippen molar-refractivity contribution >= 4 is 36.3 Å². The number of rotatable bonds is 0. The summed E-state index contributed by atoms with van der Waals surface area (Å²) in [5, 5.41) is 2.72. The van der Waals surface area contributed by atoms with Gasteiger partial charge in [0.05, 0.1) is 0 Å². The number of benzene rings is 1. The van der Waals surface area contributed by atoms with Crippen LogP contribution in [0.15, 0.2) is 36.4 Å². The molecule has 4 heteroatoms. The summed E-state index contributed by atoms with van der Waals surface area (Å²) >= 11 is -2.13. The molecule has 2 aromatic carbocycles. The summed E-state index contributed by atoms with van der Waals surface area (Å²) in [7, 11) is 15.0. The van der Waals surface area contributed by atoms with Crippen molar-refractivity contribution in [3.63, 3.8) is 0 Å². The summed E-state index contributed by atoms with van der Waals surface area (Å²) in [6, 6.07) is 12.8. The van der Waals surface area contributed by atoms with Crippen molar-refractivity contribution in [1.82, 2.24) is 0 Å². The molecule has 0 amide bonds. The number of aryl methyl sites for hydroxylation is 1. The van der Waals surface area contributed by atoms with Gasteiger partial charge in [-0.25, -0.2) is 0 Å². The van der Waals surface area contributed by atoms with Crippen molar-refractivity contribution in [2.24, 2.45) is 0 Å². The van der Waals surface area contributed by atoms with E-state index in [1.807, 2.05) is 0 Å². The Bertz CT molecular complexity index is 392. The van der Waals surface area contributed by atoms with Crippen LogP contribution in [0.1, 0.15) is 5.56 Å². The van der Waals surface area contributed by atoms with Gasteiger partial charge in [0.15, 0.2) is 0 Å². The molecule has 0 nitrogen and oxygen atoms in total. The average Bonchev–Trinajstić information content (AvgIpc) is 2.48. The molecular formula is C10H9Cl3Zr-. The third kappa shape index (κ3) is 3.98. The van der Waals surface area contributed by atoms with Crippen LogP contribution in [0.25, 0.3) is 10.8 Å². The maximum atomic E-state index is 5.00. The molecule has 2 rings (SSSR count). The summed E-state index contributed by atoms with van der Waals surface area (Å²) in [4.78, 5) is 0. The van der Waals surface area contributed by atoms with Crippen LogP contribution in [0.5, 0.6) is 0 Å². The van der Waals surface area contributed by atoms with Crippen LogP contribution < -0.4 is 0 Å². The number of halogens is 3. The molecule has 0 unspecified atom stereocenters. The minimum absolute atomic E-state index is 1.35. The molecule has 0 bridgehead atoms. The van der Waals surface area contributed by atoms with E-state index in [2.05, 4.69) is 43.3 Å². The third-order valence-electron chi connectivity index (χ3n) is 1.90. The van der Waals surface area contributed by atoms with E-state index < -0.39 is 18.2 Å². The monoisotopic (exact) mass is 324 g/mol. The standard InChI is InChI=1S/C10H9.3ClH.Zr/c1-8-6-7-9-4-2-3-5-10(8)9;;;;/h2-7H,1H3;3*1H;/q-1;;;;+3/p-3. The Morgan fingerprint density at radius 3 is 2.21 bits per heavy atom. The average molecular weight is 327 g/mol. The predicted octanol–water partition coefficient (Wildman–Crippen LogP) is 4.93. The fourth-order valence-corrected chi connectivity index (χ4v) is 1.31. The van der Waals surface area contributed by atoms with Gasteiger partial charge in [-0.2, -0.15) is 12.1 Å². The first kappa shape index (κ1) is 12.7. The van der Waals surface area contributed by atoms with E-state index in [0.29, 0.717) is 0 Å². The Morgan fingerprint density at radius 1 is 1.07 bits per heavy atom. The van der Waals surface area contributed by atoms with Crippen LogP contribution in [-0.4, -0.2) is 0 Å². The zero-order valence-corrected chi connectivity index (χ0v) is 12.3. The van der Waals surface area contributed by atoms with Crippen molar-refractivity contribution in [2.45, 2.75) is 6.92 Å². The molecule has 0 heterocycles. The predicted molar refractivity (Wildman–Crippen MR) is 61.8 cm³/mol. The minimum atomic E-state index is -2.13. The molecule has 0 atom stereocenters. The van der Waals surface area contributed by atoms with Gasteiger partial charge in [-0.3, -0.25) is 0 Å². The molecule has 0 aromatic heterocycles. The van der Waals surface area contributed by atoms with Crippen molar-refractivity contribution in [3.05, 3.63) is 42.0 Å². The van der Waals surface area contributed by atoms with Crippen molar-refractivity contribution in [3.8, 4) is 0 Å².